The van der Waals surface area contributed by atoms with Crippen molar-refractivity contribution in [3.63, 3.8) is 0 Å². The fourth-order valence-electron chi connectivity index (χ4n) is 1.93. The van der Waals surface area contributed by atoms with Gasteiger partial charge in [0.1, 0.15) is 0 Å². The van der Waals surface area contributed by atoms with E-state index < -0.39 is 0 Å². The van der Waals surface area contributed by atoms with Gasteiger partial charge in [-0.05, 0) is 36.8 Å². The van der Waals surface area contributed by atoms with Gasteiger partial charge in [-0.25, -0.2) is 0 Å². The molecule has 0 atom stereocenters. The number of amides is 1. The molecule has 1 amide bonds. The summed E-state index contributed by atoms with van der Waals surface area (Å²) in [5.74, 6) is 0.647. The zero-order valence-corrected chi connectivity index (χ0v) is 14.8. The van der Waals surface area contributed by atoms with E-state index in [2.05, 4.69) is 5.32 Å². The Kier molecular flexibility index (Phi) is 6.51. The monoisotopic (exact) mass is 367 g/mol. The lowest BCUT2D eigenvalue weighted by molar-refractivity contribution is -0.113. The first-order valence-electron chi connectivity index (χ1n) is 6.89. The molecule has 120 valence electrons. The van der Waals surface area contributed by atoms with Gasteiger partial charge < -0.3 is 5.32 Å². The molecule has 0 aliphatic heterocycles. The topological polar surface area (TPSA) is 46.2 Å². The number of carbonyl (C=O) groups is 2. The minimum Gasteiger partial charge on any atom is -0.325 e. The number of anilines is 1. The zero-order valence-electron chi connectivity index (χ0n) is 12.4. The maximum atomic E-state index is 12.0. The zero-order chi connectivity index (χ0) is 16.8. The number of benzene rings is 2. The van der Waals surface area contributed by atoms with Crippen molar-refractivity contribution >= 4 is 52.3 Å². The molecule has 2 aromatic carbocycles. The Morgan fingerprint density at radius 1 is 1.09 bits per heavy atom. The Balaban J connectivity index is 1.88. The van der Waals surface area contributed by atoms with Crippen LogP contribution in [0.15, 0.2) is 42.5 Å². The van der Waals surface area contributed by atoms with Gasteiger partial charge in [-0.2, -0.15) is 0 Å². The lowest BCUT2D eigenvalue weighted by atomic mass is 10.1. The number of rotatable bonds is 6. The Morgan fingerprint density at radius 3 is 2.39 bits per heavy atom. The second-order valence-electron chi connectivity index (χ2n) is 4.88. The maximum absolute atomic E-state index is 12.0. The summed E-state index contributed by atoms with van der Waals surface area (Å²) in [5.41, 5.74) is 2.00. The normalized spacial score (nSPS) is 10.4. The standard InChI is InChI=1S/C17H15Cl2NO2S/c1-11(21)12-4-2-5-13(8-12)20-17(22)10-23-9-14-15(18)6-3-7-16(14)19/h2-8H,9-10H2,1H3,(H,20,22). The van der Waals surface area contributed by atoms with Crippen LogP contribution < -0.4 is 5.32 Å². The summed E-state index contributed by atoms with van der Waals surface area (Å²) in [7, 11) is 0. The van der Waals surface area contributed by atoms with Crippen LogP contribution in [0.5, 0.6) is 0 Å². The highest BCUT2D eigenvalue weighted by atomic mass is 35.5. The van der Waals surface area contributed by atoms with Crippen molar-refractivity contribution in [2.75, 3.05) is 11.1 Å². The van der Waals surface area contributed by atoms with E-state index in [1.165, 1.54) is 18.7 Å². The highest BCUT2D eigenvalue weighted by molar-refractivity contribution is 7.99. The average molecular weight is 368 g/mol. The molecule has 2 rings (SSSR count). The molecule has 0 heterocycles. The van der Waals surface area contributed by atoms with Gasteiger partial charge in [0.2, 0.25) is 5.91 Å². The first kappa shape index (κ1) is 17.9. The van der Waals surface area contributed by atoms with Crippen LogP contribution in [-0.2, 0) is 10.5 Å². The third-order valence-electron chi connectivity index (χ3n) is 3.09. The molecule has 3 nitrogen and oxygen atoms in total. The van der Waals surface area contributed by atoms with Crippen molar-refractivity contribution in [1.82, 2.24) is 0 Å². The SMILES string of the molecule is CC(=O)c1cccc(NC(=O)CSCc2c(Cl)cccc2Cl)c1. The number of Topliss-reactive ketones (excluding diaryl/α,β-unsaturated/α-hetero) is 1. The molecule has 0 radical (unpaired) electrons. The molecule has 2 aromatic rings. The summed E-state index contributed by atoms with van der Waals surface area (Å²) in [4.78, 5) is 23.3. The first-order chi connectivity index (χ1) is 11.0. The Hall–Kier alpha value is -1.49. The van der Waals surface area contributed by atoms with E-state index >= 15 is 0 Å². The molecule has 0 spiro atoms. The maximum Gasteiger partial charge on any atom is 0.234 e. The number of hydrogen-bond acceptors (Lipinski definition) is 3. The summed E-state index contributed by atoms with van der Waals surface area (Å²) >= 11 is 13.6. The lowest BCUT2D eigenvalue weighted by Gasteiger charge is -2.08. The minimum absolute atomic E-state index is 0.0381. The van der Waals surface area contributed by atoms with Gasteiger partial charge in [-0.15, -0.1) is 11.8 Å². The molecule has 0 aliphatic rings. The van der Waals surface area contributed by atoms with Crippen LogP contribution in [-0.4, -0.2) is 17.4 Å². The van der Waals surface area contributed by atoms with Crippen LogP contribution in [0.2, 0.25) is 10.0 Å². The molecular weight excluding hydrogens is 353 g/mol. The van der Waals surface area contributed by atoms with Crippen molar-refractivity contribution in [2.45, 2.75) is 12.7 Å². The summed E-state index contributed by atoms with van der Waals surface area (Å²) in [6.07, 6.45) is 0. The molecule has 0 fully saturated rings. The highest BCUT2D eigenvalue weighted by Gasteiger charge is 2.08. The van der Waals surface area contributed by atoms with E-state index in [1.807, 2.05) is 0 Å². The van der Waals surface area contributed by atoms with E-state index in [9.17, 15) is 9.59 Å². The van der Waals surface area contributed by atoms with Crippen LogP contribution >= 0.6 is 35.0 Å². The van der Waals surface area contributed by atoms with Gasteiger partial charge in [0.25, 0.3) is 0 Å². The molecule has 0 saturated heterocycles. The Morgan fingerprint density at radius 2 is 1.74 bits per heavy atom. The van der Waals surface area contributed by atoms with Crippen LogP contribution in [0, 0.1) is 0 Å². The van der Waals surface area contributed by atoms with Crippen LogP contribution in [0.3, 0.4) is 0 Å². The number of nitrogens with one attached hydrogen (secondary N) is 1. The number of hydrogen-bond donors (Lipinski definition) is 1. The van der Waals surface area contributed by atoms with Crippen molar-refractivity contribution in [2.24, 2.45) is 0 Å². The van der Waals surface area contributed by atoms with Crippen LogP contribution in [0.4, 0.5) is 5.69 Å². The van der Waals surface area contributed by atoms with Gasteiger partial charge in [-0.3, -0.25) is 9.59 Å². The van der Waals surface area contributed by atoms with Crippen LogP contribution in [0.1, 0.15) is 22.8 Å². The molecule has 6 heteroatoms. The smallest absolute Gasteiger partial charge is 0.234 e. The Labute approximate surface area is 149 Å². The van der Waals surface area contributed by atoms with E-state index in [4.69, 9.17) is 23.2 Å². The van der Waals surface area contributed by atoms with Gasteiger partial charge in [0.15, 0.2) is 5.78 Å². The third kappa shape index (κ3) is 5.27. The molecular formula is C17H15Cl2NO2S. The number of ketones is 1. The van der Waals surface area contributed by atoms with Gasteiger partial charge in [-0.1, -0.05) is 41.4 Å². The van der Waals surface area contributed by atoms with Crippen molar-refractivity contribution in [3.8, 4) is 0 Å². The van der Waals surface area contributed by atoms with Crippen LogP contribution in [0.25, 0.3) is 0 Å². The second-order valence-corrected chi connectivity index (χ2v) is 6.68. The quantitative estimate of drug-likeness (QED) is 0.725. The molecule has 23 heavy (non-hydrogen) atoms. The fourth-order valence-corrected chi connectivity index (χ4v) is 3.49. The van der Waals surface area contributed by atoms with Gasteiger partial charge >= 0.3 is 0 Å². The van der Waals surface area contributed by atoms with Crippen molar-refractivity contribution < 1.29 is 9.59 Å². The fraction of sp³-hybridized carbons (Fsp3) is 0.176. The molecule has 0 aliphatic carbocycles. The van der Waals surface area contributed by atoms with E-state index in [0.717, 1.165) is 5.56 Å². The van der Waals surface area contributed by atoms with E-state index in [-0.39, 0.29) is 17.4 Å². The largest absolute Gasteiger partial charge is 0.325 e. The number of carbonyl (C=O) groups excluding carboxylic acids is 2. The van der Waals surface area contributed by atoms with Gasteiger partial charge in [0.05, 0.1) is 5.75 Å². The summed E-state index contributed by atoms with van der Waals surface area (Å²) in [6, 6.07) is 12.2. The lowest BCUT2D eigenvalue weighted by Crippen LogP contribution is -2.14. The second kappa shape index (κ2) is 8.39. The molecule has 0 saturated carbocycles. The van der Waals surface area contributed by atoms with E-state index in [1.54, 1.807) is 42.5 Å². The van der Waals surface area contributed by atoms with E-state index in [0.29, 0.717) is 27.0 Å². The molecule has 1 N–H and O–H groups in total. The van der Waals surface area contributed by atoms with Gasteiger partial charge in [0, 0.05) is 27.0 Å². The first-order valence-corrected chi connectivity index (χ1v) is 8.80. The Bertz CT molecular complexity index is 714. The summed E-state index contributed by atoms with van der Waals surface area (Å²) in [6.45, 7) is 1.49. The van der Waals surface area contributed by atoms with Crippen molar-refractivity contribution in [1.29, 1.82) is 0 Å². The average Bonchev–Trinajstić information content (AvgIpc) is 2.50. The molecule has 0 unspecified atom stereocenters. The minimum atomic E-state index is -0.140. The predicted octanol–water partition coefficient (Wildman–Crippen LogP) is 5.07. The highest BCUT2D eigenvalue weighted by Crippen LogP contribution is 2.28. The number of halogens is 2. The summed E-state index contributed by atoms with van der Waals surface area (Å²) < 4.78 is 0. The van der Waals surface area contributed by atoms with Crippen molar-refractivity contribution in [3.05, 3.63) is 63.6 Å². The number of thioether (sulfide) groups is 1. The summed E-state index contributed by atoms with van der Waals surface area (Å²) in [5, 5.41) is 3.97. The predicted molar refractivity (Wildman–Crippen MR) is 97.7 cm³/mol. The molecule has 0 bridgehead atoms. The third-order valence-corrected chi connectivity index (χ3v) is 4.76. The molecule has 0 aromatic heterocycles.